The Morgan fingerprint density at radius 2 is 2.00 bits per heavy atom. The van der Waals surface area contributed by atoms with E-state index in [1.165, 1.54) is 18.4 Å². The minimum absolute atomic E-state index is 0.00401. The Morgan fingerprint density at radius 3 is 2.68 bits per heavy atom. The molecule has 2 aromatic heterocycles. The van der Waals surface area contributed by atoms with Gasteiger partial charge in [-0.3, -0.25) is 14.4 Å². The summed E-state index contributed by atoms with van der Waals surface area (Å²) in [6, 6.07) is 9.86. The van der Waals surface area contributed by atoms with Gasteiger partial charge < -0.3 is 10.1 Å². The molecule has 3 aromatic rings. The molecule has 128 valence electrons. The predicted molar refractivity (Wildman–Crippen MR) is 93.5 cm³/mol. The zero-order valence-electron chi connectivity index (χ0n) is 13.3. The average molecular weight is 357 g/mol. The van der Waals surface area contributed by atoms with E-state index in [2.05, 4.69) is 15.5 Å². The predicted octanol–water partition coefficient (Wildman–Crippen LogP) is 2.02. The maximum Gasteiger partial charge on any atom is 0.307 e. The number of rotatable bonds is 5. The van der Waals surface area contributed by atoms with Crippen molar-refractivity contribution in [2.24, 2.45) is 0 Å². The van der Waals surface area contributed by atoms with Crippen molar-refractivity contribution in [2.75, 3.05) is 7.11 Å². The lowest BCUT2D eigenvalue weighted by atomic mass is 10.1. The van der Waals surface area contributed by atoms with Gasteiger partial charge in [-0.2, -0.15) is 5.10 Å². The van der Waals surface area contributed by atoms with Gasteiger partial charge in [-0.15, -0.1) is 11.3 Å². The first-order chi connectivity index (χ1) is 12.1. The van der Waals surface area contributed by atoms with Crippen molar-refractivity contribution in [3.8, 4) is 0 Å². The molecule has 1 aromatic carbocycles. The zero-order chi connectivity index (χ0) is 17.8. The van der Waals surface area contributed by atoms with Crippen molar-refractivity contribution < 1.29 is 14.3 Å². The van der Waals surface area contributed by atoms with Gasteiger partial charge in [0.2, 0.25) is 0 Å². The number of methoxy groups -OCH3 is 1. The molecule has 1 amide bonds. The second-order valence-corrected chi connectivity index (χ2v) is 6.25. The molecule has 7 nitrogen and oxygen atoms in total. The molecule has 0 spiro atoms. The molecule has 3 rings (SSSR count). The Kier molecular flexibility index (Phi) is 4.90. The molecule has 1 atom stereocenters. The zero-order valence-corrected chi connectivity index (χ0v) is 14.1. The molecular weight excluding hydrogens is 342 g/mol. The van der Waals surface area contributed by atoms with E-state index in [1.807, 2.05) is 17.5 Å². The van der Waals surface area contributed by atoms with Gasteiger partial charge in [0, 0.05) is 10.3 Å². The normalized spacial score (nSPS) is 11.9. The van der Waals surface area contributed by atoms with Crippen LogP contribution in [0.2, 0.25) is 0 Å². The van der Waals surface area contributed by atoms with Crippen LogP contribution in [0.1, 0.15) is 27.8 Å². The summed E-state index contributed by atoms with van der Waals surface area (Å²) in [6.45, 7) is 0. The summed E-state index contributed by atoms with van der Waals surface area (Å²) in [7, 11) is 1.30. The van der Waals surface area contributed by atoms with Crippen LogP contribution in [-0.4, -0.2) is 29.2 Å². The average Bonchev–Trinajstić information content (AvgIpc) is 3.16. The lowest BCUT2D eigenvalue weighted by Gasteiger charge is -2.16. The number of nitrogens with one attached hydrogen (secondary N) is 2. The quantitative estimate of drug-likeness (QED) is 0.680. The van der Waals surface area contributed by atoms with E-state index in [0.717, 1.165) is 4.88 Å². The second-order valence-electron chi connectivity index (χ2n) is 5.27. The van der Waals surface area contributed by atoms with E-state index in [-0.39, 0.29) is 17.7 Å². The number of esters is 1. The van der Waals surface area contributed by atoms with Gasteiger partial charge in [0.25, 0.3) is 11.5 Å². The van der Waals surface area contributed by atoms with Crippen LogP contribution in [0.25, 0.3) is 10.8 Å². The van der Waals surface area contributed by atoms with Crippen molar-refractivity contribution in [3.05, 3.63) is 62.7 Å². The van der Waals surface area contributed by atoms with Crippen LogP contribution in [0.15, 0.2) is 46.6 Å². The van der Waals surface area contributed by atoms with Gasteiger partial charge in [-0.25, -0.2) is 5.10 Å². The third kappa shape index (κ3) is 3.58. The number of H-pyrrole nitrogens is 1. The van der Waals surface area contributed by atoms with Crippen molar-refractivity contribution in [3.63, 3.8) is 0 Å². The number of ether oxygens (including phenoxy) is 1. The molecule has 0 aliphatic rings. The van der Waals surface area contributed by atoms with Crippen LogP contribution < -0.4 is 10.9 Å². The highest BCUT2D eigenvalue weighted by molar-refractivity contribution is 7.10. The topological polar surface area (TPSA) is 101 Å². The second kappa shape index (κ2) is 7.27. The van der Waals surface area contributed by atoms with Gasteiger partial charge in [-0.1, -0.05) is 24.3 Å². The Bertz CT molecular complexity index is 965. The van der Waals surface area contributed by atoms with Crippen LogP contribution in [0.4, 0.5) is 0 Å². The standard InChI is InChI=1S/C17H15N3O4S/c1-24-14(21)9-12(13-7-4-8-25-13)18-17(23)15-10-5-2-3-6-11(10)16(22)20-19-15/h2-8,12H,9H2,1H3,(H,18,23)(H,20,22). The third-order valence-corrected chi connectivity index (χ3v) is 4.69. The summed E-state index contributed by atoms with van der Waals surface area (Å²) in [5.41, 5.74) is -0.266. The monoisotopic (exact) mass is 357 g/mol. The number of aromatic nitrogens is 2. The first kappa shape index (κ1) is 16.8. The van der Waals surface area contributed by atoms with Crippen LogP contribution >= 0.6 is 11.3 Å². The van der Waals surface area contributed by atoms with Crippen LogP contribution in [0, 0.1) is 0 Å². The minimum atomic E-state index is -0.535. The lowest BCUT2D eigenvalue weighted by molar-refractivity contribution is -0.141. The summed E-state index contributed by atoms with van der Waals surface area (Å²) in [5, 5.41) is 11.7. The summed E-state index contributed by atoms with van der Waals surface area (Å²) >= 11 is 1.43. The fraction of sp³-hybridized carbons (Fsp3) is 0.176. The maximum atomic E-state index is 12.7. The smallest absolute Gasteiger partial charge is 0.307 e. The van der Waals surface area contributed by atoms with E-state index >= 15 is 0 Å². The molecule has 0 aliphatic heterocycles. The number of aromatic amines is 1. The number of amides is 1. The number of nitrogens with zero attached hydrogens (tertiary/aromatic N) is 1. The number of carbonyl (C=O) groups excluding carboxylic acids is 2. The molecule has 8 heteroatoms. The Labute approximate surface area is 146 Å². The number of thiophene rings is 1. The highest BCUT2D eigenvalue weighted by atomic mass is 32.1. The van der Waals surface area contributed by atoms with Gasteiger partial charge >= 0.3 is 5.97 Å². The van der Waals surface area contributed by atoms with Crippen LogP contribution in [-0.2, 0) is 9.53 Å². The largest absolute Gasteiger partial charge is 0.469 e. The molecular formula is C17H15N3O4S. The molecule has 0 aliphatic carbocycles. The number of hydrogen-bond donors (Lipinski definition) is 2. The van der Waals surface area contributed by atoms with E-state index in [1.54, 1.807) is 24.3 Å². The highest BCUT2D eigenvalue weighted by Gasteiger charge is 2.22. The summed E-state index contributed by atoms with van der Waals surface area (Å²) in [5.74, 6) is -0.910. The van der Waals surface area contributed by atoms with Crippen molar-refractivity contribution in [1.82, 2.24) is 15.5 Å². The van der Waals surface area contributed by atoms with Crippen LogP contribution in [0.5, 0.6) is 0 Å². The number of benzene rings is 1. The Balaban J connectivity index is 1.93. The van der Waals surface area contributed by atoms with Gasteiger partial charge in [0.1, 0.15) is 0 Å². The number of carbonyl (C=O) groups is 2. The Morgan fingerprint density at radius 1 is 1.24 bits per heavy atom. The van der Waals surface area contributed by atoms with Crippen LogP contribution in [0.3, 0.4) is 0 Å². The van der Waals surface area contributed by atoms with E-state index in [9.17, 15) is 14.4 Å². The van der Waals surface area contributed by atoms with E-state index in [0.29, 0.717) is 10.8 Å². The third-order valence-electron chi connectivity index (χ3n) is 3.70. The first-order valence-electron chi connectivity index (χ1n) is 7.48. The number of hydrogen-bond acceptors (Lipinski definition) is 6. The molecule has 1 unspecified atom stereocenters. The van der Waals surface area contributed by atoms with Crippen molar-refractivity contribution in [2.45, 2.75) is 12.5 Å². The summed E-state index contributed by atoms with van der Waals surface area (Å²) < 4.78 is 4.70. The lowest BCUT2D eigenvalue weighted by Crippen LogP contribution is -2.31. The molecule has 2 N–H and O–H groups in total. The molecule has 2 heterocycles. The Hall–Kier alpha value is -3.00. The summed E-state index contributed by atoms with van der Waals surface area (Å²) in [6.07, 6.45) is 0.00401. The fourth-order valence-corrected chi connectivity index (χ4v) is 3.25. The highest BCUT2D eigenvalue weighted by Crippen LogP contribution is 2.23. The van der Waals surface area contributed by atoms with Gasteiger partial charge in [0.15, 0.2) is 5.69 Å². The fourth-order valence-electron chi connectivity index (χ4n) is 2.48. The summed E-state index contributed by atoms with van der Waals surface area (Å²) in [4.78, 5) is 37.0. The molecule has 0 fully saturated rings. The number of fused-ring (bicyclic) bond motifs is 1. The van der Waals surface area contributed by atoms with Crippen molar-refractivity contribution in [1.29, 1.82) is 0 Å². The first-order valence-corrected chi connectivity index (χ1v) is 8.36. The minimum Gasteiger partial charge on any atom is -0.469 e. The van der Waals surface area contributed by atoms with E-state index in [4.69, 9.17) is 4.74 Å². The molecule has 0 bridgehead atoms. The van der Waals surface area contributed by atoms with Gasteiger partial charge in [-0.05, 0) is 17.5 Å². The molecule has 0 saturated heterocycles. The molecule has 0 radical (unpaired) electrons. The molecule has 0 saturated carbocycles. The molecule has 25 heavy (non-hydrogen) atoms. The van der Waals surface area contributed by atoms with Crippen molar-refractivity contribution >= 4 is 34.0 Å². The maximum absolute atomic E-state index is 12.7. The van der Waals surface area contributed by atoms with Gasteiger partial charge in [0.05, 0.1) is 25.0 Å². The SMILES string of the molecule is COC(=O)CC(NC(=O)c1n[nH]c(=O)c2ccccc12)c1cccs1. The van der Waals surface area contributed by atoms with E-state index < -0.39 is 17.9 Å².